The van der Waals surface area contributed by atoms with Gasteiger partial charge in [-0.1, -0.05) is 25.4 Å². The van der Waals surface area contributed by atoms with Gasteiger partial charge in [0.2, 0.25) is 0 Å². The van der Waals surface area contributed by atoms with Gasteiger partial charge in [-0.25, -0.2) is 4.98 Å². The summed E-state index contributed by atoms with van der Waals surface area (Å²) in [4.78, 5) is 17.0. The number of likely N-dealkylation sites (N-methyl/N-ethyl adjacent to an activating group) is 1. The molecule has 2 rings (SSSR count). The van der Waals surface area contributed by atoms with E-state index in [9.17, 15) is 15.2 Å². The second kappa shape index (κ2) is 8.23. The maximum Gasteiger partial charge on any atom is 0.311 e. The van der Waals surface area contributed by atoms with Crippen LogP contribution in [0.5, 0.6) is 0 Å². The summed E-state index contributed by atoms with van der Waals surface area (Å²) in [5.41, 5.74) is 0.786. The molecule has 0 fully saturated rings. The number of nitrogens with one attached hydrogen (secondary N) is 1. The van der Waals surface area contributed by atoms with Crippen LogP contribution in [0.2, 0.25) is 5.02 Å². The van der Waals surface area contributed by atoms with Crippen LogP contribution in [0.1, 0.15) is 13.8 Å². The molecule has 2 N–H and O–H groups in total. The number of hydrogen-bond donors (Lipinski definition) is 2. The van der Waals surface area contributed by atoms with Crippen LogP contribution in [0.3, 0.4) is 0 Å². The number of aromatic nitrogens is 1. The third-order valence-electron chi connectivity index (χ3n) is 3.89. The molecule has 1 aromatic carbocycles. The number of hydrogen-bond acceptors (Lipinski definition) is 6. The number of fused-ring (bicyclic) bond motifs is 1. The van der Waals surface area contributed by atoms with Gasteiger partial charge in [-0.2, -0.15) is 0 Å². The zero-order valence-corrected chi connectivity index (χ0v) is 14.5. The van der Waals surface area contributed by atoms with Gasteiger partial charge in [0.15, 0.2) is 0 Å². The molecule has 1 aromatic heterocycles. The first-order valence-electron chi connectivity index (χ1n) is 7.83. The molecule has 0 saturated carbocycles. The van der Waals surface area contributed by atoms with Crippen LogP contribution in [-0.4, -0.2) is 52.2 Å². The molecule has 0 saturated heterocycles. The van der Waals surface area contributed by atoms with Crippen molar-refractivity contribution in [1.29, 1.82) is 0 Å². The molecule has 0 aliphatic rings. The lowest BCUT2D eigenvalue weighted by atomic mass is 10.1. The Hall–Kier alpha value is -1.96. The van der Waals surface area contributed by atoms with Gasteiger partial charge in [-0.3, -0.25) is 10.1 Å². The van der Waals surface area contributed by atoms with Gasteiger partial charge < -0.3 is 15.3 Å². The second-order valence-corrected chi connectivity index (χ2v) is 5.89. The monoisotopic (exact) mass is 352 g/mol. The zero-order chi connectivity index (χ0) is 17.7. The summed E-state index contributed by atoms with van der Waals surface area (Å²) in [5.74, 6) is 0. The maximum absolute atomic E-state index is 11.3. The van der Waals surface area contributed by atoms with Crippen molar-refractivity contribution >= 4 is 33.9 Å². The molecule has 0 amide bonds. The molecule has 1 heterocycles. The average Bonchev–Trinajstić information content (AvgIpc) is 2.56. The van der Waals surface area contributed by atoms with Crippen molar-refractivity contribution in [3.63, 3.8) is 0 Å². The Morgan fingerprint density at radius 1 is 1.42 bits per heavy atom. The lowest BCUT2D eigenvalue weighted by Crippen LogP contribution is -2.36. The van der Waals surface area contributed by atoms with Crippen LogP contribution >= 0.6 is 11.6 Å². The van der Waals surface area contributed by atoms with E-state index in [-0.39, 0.29) is 12.2 Å². The number of pyridine rings is 1. The van der Waals surface area contributed by atoms with Gasteiger partial charge >= 0.3 is 5.69 Å². The smallest absolute Gasteiger partial charge is 0.311 e. The number of aliphatic hydroxyl groups is 1. The van der Waals surface area contributed by atoms with Crippen LogP contribution in [0.15, 0.2) is 24.4 Å². The molecule has 7 nitrogen and oxygen atoms in total. The Morgan fingerprint density at radius 2 is 2.12 bits per heavy atom. The summed E-state index contributed by atoms with van der Waals surface area (Å²) in [6.07, 6.45) is 0.567. The Morgan fingerprint density at radius 3 is 2.75 bits per heavy atom. The topological polar surface area (TPSA) is 91.5 Å². The standard InChI is InChI=1S/C16H21ClN4O3/c1-3-20(4-2)10-12(22)8-19-16-13-6-5-11(17)7-14(13)18-9-15(16)21(23)24/h5-7,9,12,22H,3-4,8,10H2,1-2H3,(H,18,19). The van der Waals surface area contributed by atoms with Crippen molar-refractivity contribution < 1.29 is 10.0 Å². The Labute approximate surface area is 145 Å². The molecule has 1 unspecified atom stereocenters. The van der Waals surface area contributed by atoms with Crippen LogP contribution in [0.25, 0.3) is 10.9 Å². The zero-order valence-electron chi connectivity index (χ0n) is 13.7. The number of nitrogens with zero attached hydrogens (tertiary/aromatic N) is 3. The summed E-state index contributed by atoms with van der Waals surface area (Å²) in [5, 5.41) is 25.6. The van der Waals surface area contributed by atoms with Crippen molar-refractivity contribution in [2.45, 2.75) is 20.0 Å². The van der Waals surface area contributed by atoms with Gasteiger partial charge in [0, 0.05) is 23.5 Å². The first-order chi connectivity index (χ1) is 11.5. The highest BCUT2D eigenvalue weighted by atomic mass is 35.5. The molecule has 0 aliphatic heterocycles. The van der Waals surface area contributed by atoms with E-state index in [1.807, 2.05) is 13.8 Å². The third kappa shape index (κ3) is 4.31. The highest BCUT2D eigenvalue weighted by Crippen LogP contribution is 2.32. The molecule has 2 aromatic rings. The van der Waals surface area contributed by atoms with Gasteiger partial charge in [-0.05, 0) is 31.3 Å². The fourth-order valence-electron chi connectivity index (χ4n) is 2.54. The molecule has 0 aliphatic carbocycles. The first kappa shape index (κ1) is 18.4. The van der Waals surface area contributed by atoms with Crippen molar-refractivity contribution in [3.8, 4) is 0 Å². The molecule has 0 bridgehead atoms. The van der Waals surface area contributed by atoms with Gasteiger partial charge in [0.1, 0.15) is 11.9 Å². The fourth-order valence-corrected chi connectivity index (χ4v) is 2.71. The van der Waals surface area contributed by atoms with E-state index in [0.717, 1.165) is 13.1 Å². The van der Waals surface area contributed by atoms with Crippen molar-refractivity contribution in [2.24, 2.45) is 0 Å². The lowest BCUT2D eigenvalue weighted by Gasteiger charge is -2.22. The van der Waals surface area contributed by atoms with E-state index in [1.165, 1.54) is 6.20 Å². The van der Waals surface area contributed by atoms with E-state index in [0.29, 0.717) is 28.2 Å². The van der Waals surface area contributed by atoms with E-state index >= 15 is 0 Å². The number of anilines is 1. The van der Waals surface area contributed by atoms with Gasteiger partial charge in [-0.15, -0.1) is 0 Å². The predicted octanol–water partition coefficient (Wildman–Crippen LogP) is 2.91. The lowest BCUT2D eigenvalue weighted by molar-refractivity contribution is -0.384. The van der Waals surface area contributed by atoms with Crippen molar-refractivity contribution in [3.05, 3.63) is 39.5 Å². The fraction of sp³-hybridized carbons (Fsp3) is 0.438. The minimum atomic E-state index is -0.639. The molecule has 130 valence electrons. The Bertz CT molecular complexity index is 722. The predicted molar refractivity (Wildman–Crippen MR) is 95.7 cm³/mol. The second-order valence-electron chi connectivity index (χ2n) is 5.46. The first-order valence-corrected chi connectivity index (χ1v) is 8.21. The minimum Gasteiger partial charge on any atom is -0.390 e. The minimum absolute atomic E-state index is 0.125. The molecule has 24 heavy (non-hydrogen) atoms. The molecule has 1 atom stereocenters. The number of nitro groups is 1. The van der Waals surface area contributed by atoms with Gasteiger partial charge in [0.05, 0.1) is 16.5 Å². The van der Waals surface area contributed by atoms with Gasteiger partial charge in [0.25, 0.3) is 0 Å². The highest BCUT2D eigenvalue weighted by molar-refractivity contribution is 6.31. The average molecular weight is 353 g/mol. The van der Waals surface area contributed by atoms with Crippen molar-refractivity contribution in [1.82, 2.24) is 9.88 Å². The number of aliphatic hydroxyl groups excluding tert-OH is 1. The van der Waals surface area contributed by atoms with Crippen LogP contribution in [-0.2, 0) is 0 Å². The summed E-state index contributed by atoms with van der Waals surface area (Å²) < 4.78 is 0. The SMILES string of the molecule is CCN(CC)CC(O)CNc1c([N+](=O)[O-])cnc2cc(Cl)ccc12. The number of benzene rings is 1. The Balaban J connectivity index is 2.26. The van der Waals surface area contributed by atoms with Crippen molar-refractivity contribution in [2.75, 3.05) is 31.5 Å². The third-order valence-corrected chi connectivity index (χ3v) is 4.12. The van der Waals surface area contributed by atoms with Crippen LogP contribution in [0.4, 0.5) is 11.4 Å². The summed E-state index contributed by atoms with van der Waals surface area (Å²) in [7, 11) is 0. The molecular formula is C16H21ClN4O3. The van der Waals surface area contributed by atoms with Crippen LogP contribution in [0, 0.1) is 10.1 Å². The molecular weight excluding hydrogens is 332 g/mol. The molecule has 8 heteroatoms. The van der Waals surface area contributed by atoms with E-state index < -0.39 is 11.0 Å². The quantitative estimate of drug-likeness (QED) is 0.560. The normalized spacial score (nSPS) is 12.5. The number of rotatable bonds is 8. The molecule has 0 radical (unpaired) electrons. The van der Waals surface area contributed by atoms with E-state index in [4.69, 9.17) is 11.6 Å². The summed E-state index contributed by atoms with van der Waals surface area (Å²) in [6.45, 7) is 6.43. The highest BCUT2D eigenvalue weighted by Gasteiger charge is 2.19. The maximum atomic E-state index is 11.3. The van der Waals surface area contributed by atoms with E-state index in [1.54, 1.807) is 18.2 Å². The van der Waals surface area contributed by atoms with Crippen LogP contribution < -0.4 is 5.32 Å². The largest absolute Gasteiger partial charge is 0.390 e. The summed E-state index contributed by atoms with van der Waals surface area (Å²) >= 11 is 5.95. The summed E-state index contributed by atoms with van der Waals surface area (Å²) in [6, 6.07) is 5.00. The van der Waals surface area contributed by atoms with E-state index in [2.05, 4.69) is 15.2 Å². The Kier molecular flexibility index (Phi) is 6.30. The number of halogens is 1. The molecule has 0 spiro atoms.